The Morgan fingerprint density at radius 1 is 1.67 bits per heavy atom. The van der Waals surface area contributed by atoms with Gasteiger partial charge in [-0.1, -0.05) is 0 Å². The number of carboxylic acid groups (broad SMARTS) is 1. The quantitative estimate of drug-likeness (QED) is 0.560. The third-order valence-corrected chi connectivity index (χ3v) is 1.77. The first-order chi connectivity index (χ1) is 6.09. The Bertz CT molecular complexity index is 321. The molecule has 1 aromatic rings. The van der Waals surface area contributed by atoms with Gasteiger partial charge in [-0.3, -0.25) is 4.79 Å². The second-order valence-electron chi connectivity index (χ2n) is 3.03. The minimum atomic E-state index is -0.966. The maximum absolute atomic E-state index is 10.5. The number of halogens is 2. The summed E-state index contributed by atoms with van der Waals surface area (Å²) in [6, 6.07) is 2.91. The lowest BCUT2D eigenvalue weighted by Crippen LogP contribution is -3.00. The Hall–Kier alpha value is -0.840. The number of pyridine rings is 1. The van der Waals surface area contributed by atoms with Gasteiger partial charge in [0.2, 0.25) is 0 Å². The third-order valence-electron chi connectivity index (χ3n) is 1.77. The Morgan fingerprint density at radius 3 is 2.73 bits per heavy atom. The fourth-order valence-electron chi connectivity index (χ4n) is 1.11. The van der Waals surface area contributed by atoms with Crippen molar-refractivity contribution in [2.75, 3.05) is 0 Å². The summed E-state index contributed by atoms with van der Waals surface area (Å²) in [5, 5.41) is 8.58. The summed E-state index contributed by atoms with van der Waals surface area (Å²) in [6.07, 6.45) is 4.11. The number of nitrogens with two attached hydrogens (primary N) is 1. The van der Waals surface area contributed by atoms with E-state index in [9.17, 15) is 4.79 Å². The monoisotopic (exact) mass is 252 g/mol. The summed E-state index contributed by atoms with van der Waals surface area (Å²) < 4.78 is 1.86. The zero-order valence-corrected chi connectivity index (χ0v) is 9.83. The molecule has 0 aromatic carbocycles. The molecule has 0 radical (unpaired) electrons. The van der Waals surface area contributed by atoms with Crippen LogP contribution < -0.4 is 22.7 Å². The smallest absolute Gasteiger partial charge is 0.320 e. The van der Waals surface area contributed by atoms with Gasteiger partial charge >= 0.3 is 5.97 Å². The van der Waals surface area contributed by atoms with E-state index >= 15 is 0 Å². The van der Waals surface area contributed by atoms with Gasteiger partial charge in [-0.2, -0.15) is 0 Å². The van der Waals surface area contributed by atoms with Crippen molar-refractivity contribution in [3.8, 4) is 0 Å². The van der Waals surface area contributed by atoms with Crippen molar-refractivity contribution in [1.29, 1.82) is 0 Å². The van der Waals surface area contributed by atoms with Gasteiger partial charge in [-0.25, -0.2) is 4.57 Å². The molecular formula is C9H14Cl2N2O2. The molecule has 1 aromatic heterocycles. The zero-order chi connectivity index (χ0) is 9.84. The van der Waals surface area contributed by atoms with Crippen LogP contribution in [0.1, 0.15) is 5.56 Å². The van der Waals surface area contributed by atoms with Gasteiger partial charge in [0.25, 0.3) is 0 Å². The predicted octanol–water partition coefficient (Wildman–Crippen LogP) is -3.11. The minimum absolute atomic E-state index is 0. The van der Waals surface area contributed by atoms with Crippen LogP contribution in [0.25, 0.3) is 0 Å². The van der Waals surface area contributed by atoms with E-state index in [-0.39, 0.29) is 24.8 Å². The van der Waals surface area contributed by atoms with Crippen LogP contribution in [-0.2, 0) is 18.3 Å². The molecule has 0 amide bonds. The van der Waals surface area contributed by atoms with Crippen molar-refractivity contribution >= 4 is 18.4 Å². The van der Waals surface area contributed by atoms with E-state index in [4.69, 9.17) is 10.8 Å². The number of hydrogen-bond donors (Lipinski definition) is 2. The van der Waals surface area contributed by atoms with Gasteiger partial charge in [0, 0.05) is 18.1 Å². The predicted molar refractivity (Wildman–Crippen MR) is 54.2 cm³/mol. The van der Waals surface area contributed by atoms with Crippen molar-refractivity contribution in [3.63, 3.8) is 0 Å². The van der Waals surface area contributed by atoms with Crippen molar-refractivity contribution in [2.45, 2.75) is 12.5 Å². The first kappa shape index (κ1) is 16.6. The van der Waals surface area contributed by atoms with E-state index in [0.29, 0.717) is 6.42 Å². The van der Waals surface area contributed by atoms with Crippen LogP contribution in [0.4, 0.5) is 0 Å². The molecule has 0 spiro atoms. The highest BCUT2D eigenvalue weighted by molar-refractivity contribution is 5.85. The van der Waals surface area contributed by atoms with E-state index in [2.05, 4.69) is 0 Å². The number of aliphatic carboxylic acids is 1. The molecule has 0 aliphatic heterocycles. The number of rotatable bonds is 3. The van der Waals surface area contributed by atoms with Gasteiger partial charge < -0.3 is 23.2 Å². The maximum Gasteiger partial charge on any atom is 0.320 e. The molecule has 1 rings (SSSR count). The van der Waals surface area contributed by atoms with E-state index < -0.39 is 12.0 Å². The van der Waals surface area contributed by atoms with Gasteiger partial charge in [0.1, 0.15) is 13.1 Å². The highest BCUT2D eigenvalue weighted by Gasteiger charge is 2.13. The lowest BCUT2D eigenvalue weighted by atomic mass is 10.1. The van der Waals surface area contributed by atoms with Crippen LogP contribution in [0.3, 0.4) is 0 Å². The summed E-state index contributed by atoms with van der Waals surface area (Å²) in [6.45, 7) is 0. The van der Waals surface area contributed by atoms with Crippen LogP contribution in [0, 0.1) is 0 Å². The van der Waals surface area contributed by atoms with Crippen LogP contribution >= 0.6 is 12.4 Å². The number of aromatic nitrogens is 1. The van der Waals surface area contributed by atoms with Crippen molar-refractivity contribution < 1.29 is 26.9 Å². The second-order valence-corrected chi connectivity index (χ2v) is 3.03. The Labute approximate surface area is 101 Å². The average Bonchev–Trinajstić information content (AvgIpc) is 2.04. The average molecular weight is 253 g/mol. The first-order valence-corrected chi connectivity index (χ1v) is 4.02. The molecule has 0 saturated carbocycles. The van der Waals surface area contributed by atoms with Gasteiger partial charge in [0.15, 0.2) is 12.4 Å². The Kier molecular flexibility index (Phi) is 8.24. The molecule has 3 N–H and O–H groups in total. The summed E-state index contributed by atoms with van der Waals surface area (Å²) >= 11 is 0. The van der Waals surface area contributed by atoms with Gasteiger partial charge in [-0.15, -0.1) is 12.4 Å². The molecule has 0 bridgehead atoms. The van der Waals surface area contributed by atoms with Crippen LogP contribution in [0.5, 0.6) is 0 Å². The van der Waals surface area contributed by atoms with Crippen molar-refractivity contribution in [1.82, 2.24) is 0 Å². The Morgan fingerprint density at radius 2 is 2.27 bits per heavy atom. The molecule has 4 nitrogen and oxygen atoms in total. The fraction of sp³-hybridized carbons (Fsp3) is 0.333. The zero-order valence-electron chi connectivity index (χ0n) is 8.26. The molecule has 1 heterocycles. The number of hydrogen-bond acceptors (Lipinski definition) is 2. The molecule has 0 saturated heterocycles. The summed E-state index contributed by atoms with van der Waals surface area (Å²) in [4.78, 5) is 10.5. The molecule has 86 valence electrons. The first-order valence-electron chi connectivity index (χ1n) is 4.02. The van der Waals surface area contributed by atoms with E-state index in [0.717, 1.165) is 5.56 Å². The van der Waals surface area contributed by atoms with E-state index in [1.165, 1.54) is 0 Å². The summed E-state index contributed by atoms with van der Waals surface area (Å²) in [5.41, 5.74) is 6.32. The molecule has 15 heavy (non-hydrogen) atoms. The van der Waals surface area contributed by atoms with Gasteiger partial charge in [-0.05, 0) is 6.07 Å². The van der Waals surface area contributed by atoms with Gasteiger partial charge in [0.05, 0.1) is 0 Å². The summed E-state index contributed by atoms with van der Waals surface area (Å²) in [7, 11) is 1.88. The second kappa shape index (κ2) is 7.45. The van der Waals surface area contributed by atoms with E-state index in [1.807, 2.05) is 36.1 Å². The molecule has 0 aliphatic rings. The van der Waals surface area contributed by atoms with Crippen molar-refractivity contribution in [3.05, 3.63) is 30.1 Å². The number of aryl methyl sites for hydroxylation is 1. The molecule has 0 aliphatic carbocycles. The lowest BCUT2D eigenvalue weighted by Gasteiger charge is -2.03. The normalized spacial score (nSPS) is 10.8. The van der Waals surface area contributed by atoms with E-state index in [1.54, 1.807) is 0 Å². The maximum atomic E-state index is 10.5. The summed E-state index contributed by atoms with van der Waals surface area (Å²) in [5.74, 6) is -0.966. The molecule has 0 fully saturated rings. The van der Waals surface area contributed by atoms with Crippen LogP contribution in [-0.4, -0.2) is 17.1 Å². The number of carboxylic acids is 1. The minimum Gasteiger partial charge on any atom is -1.00 e. The topological polar surface area (TPSA) is 67.2 Å². The molecular weight excluding hydrogens is 239 g/mol. The lowest BCUT2D eigenvalue weighted by molar-refractivity contribution is -0.671. The Balaban J connectivity index is 0. The highest BCUT2D eigenvalue weighted by Crippen LogP contribution is 1.98. The SMILES string of the molecule is C[n+]1cccc(CC(N)C(=O)O)c1.Cl.[Cl-]. The molecule has 1 atom stereocenters. The number of nitrogens with zero attached hydrogens (tertiary/aromatic N) is 1. The molecule has 6 heteroatoms. The highest BCUT2D eigenvalue weighted by atomic mass is 35.5. The fourth-order valence-corrected chi connectivity index (χ4v) is 1.11. The number of carbonyl (C=O) groups is 1. The third kappa shape index (κ3) is 5.57. The van der Waals surface area contributed by atoms with Crippen LogP contribution in [0.2, 0.25) is 0 Å². The van der Waals surface area contributed by atoms with Crippen LogP contribution in [0.15, 0.2) is 24.5 Å². The largest absolute Gasteiger partial charge is 1.00 e. The van der Waals surface area contributed by atoms with Crippen molar-refractivity contribution in [2.24, 2.45) is 12.8 Å². The molecule has 1 unspecified atom stereocenters. The standard InChI is InChI=1S/C9H12N2O2.2ClH/c1-11-4-2-3-7(6-11)5-8(10)9(12)13;;/h2-4,6,8H,5,10H2,1H3;2*1H.